The van der Waals surface area contributed by atoms with E-state index < -0.39 is 0 Å². The molecule has 5 nitrogen and oxygen atoms in total. The van der Waals surface area contributed by atoms with Gasteiger partial charge >= 0.3 is 0 Å². The van der Waals surface area contributed by atoms with E-state index in [2.05, 4.69) is 6.58 Å². The van der Waals surface area contributed by atoms with E-state index in [0.29, 0.717) is 29.5 Å². The zero-order valence-corrected chi connectivity index (χ0v) is 14.2. The summed E-state index contributed by atoms with van der Waals surface area (Å²) in [5, 5.41) is -0.153. The number of hydrogen-bond donors (Lipinski definition) is 0. The van der Waals surface area contributed by atoms with Crippen molar-refractivity contribution < 1.29 is 19.0 Å². The number of carbonyl (C=O) groups excluding carboxylic acids is 1. The van der Waals surface area contributed by atoms with Crippen molar-refractivity contribution in [2.24, 2.45) is 0 Å². The predicted molar refractivity (Wildman–Crippen MR) is 87.8 cm³/mol. The summed E-state index contributed by atoms with van der Waals surface area (Å²) in [5.41, 5.74) is 1.79. The van der Waals surface area contributed by atoms with Crippen LogP contribution in [-0.2, 0) is 4.79 Å². The monoisotopic (exact) mass is 323 g/mol. The van der Waals surface area contributed by atoms with Crippen LogP contribution in [0.25, 0.3) is 0 Å². The van der Waals surface area contributed by atoms with Crippen molar-refractivity contribution in [1.82, 2.24) is 4.90 Å². The van der Waals surface area contributed by atoms with Crippen molar-refractivity contribution in [1.29, 1.82) is 0 Å². The molecule has 1 aromatic carbocycles. The molecule has 0 bridgehead atoms. The van der Waals surface area contributed by atoms with Gasteiger partial charge in [0.25, 0.3) is 0 Å². The largest absolute Gasteiger partial charge is 0.496 e. The highest BCUT2D eigenvalue weighted by Gasteiger charge is 2.36. The highest BCUT2D eigenvalue weighted by Crippen LogP contribution is 2.48. The zero-order valence-electron chi connectivity index (χ0n) is 13.3. The Morgan fingerprint density at radius 3 is 2.32 bits per heavy atom. The summed E-state index contributed by atoms with van der Waals surface area (Å²) in [6.07, 6.45) is 0. The summed E-state index contributed by atoms with van der Waals surface area (Å²) < 4.78 is 16.3. The molecule has 6 heteroatoms. The van der Waals surface area contributed by atoms with E-state index in [1.165, 1.54) is 0 Å². The molecule has 1 fully saturated rings. The van der Waals surface area contributed by atoms with Gasteiger partial charge in [-0.2, -0.15) is 0 Å². The molecule has 120 valence electrons. The predicted octanol–water partition coefficient (Wildman–Crippen LogP) is 2.86. The molecule has 0 aromatic heterocycles. The highest BCUT2D eigenvalue weighted by molar-refractivity contribution is 8.00. The molecule has 1 aliphatic heterocycles. The minimum absolute atomic E-state index is 0.0953. The van der Waals surface area contributed by atoms with Crippen molar-refractivity contribution in [3.63, 3.8) is 0 Å². The number of nitrogens with zero attached hydrogens (tertiary/aromatic N) is 1. The Morgan fingerprint density at radius 2 is 1.86 bits per heavy atom. The fourth-order valence-electron chi connectivity index (χ4n) is 2.43. The number of hydrogen-bond acceptors (Lipinski definition) is 5. The summed E-state index contributed by atoms with van der Waals surface area (Å²) >= 11 is 1.56. The van der Waals surface area contributed by atoms with Gasteiger partial charge < -0.3 is 19.1 Å². The summed E-state index contributed by atoms with van der Waals surface area (Å²) in [4.78, 5) is 14.0. The molecule has 0 aliphatic carbocycles. The summed E-state index contributed by atoms with van der Waals surface area (Å²) in [6.45, 7) is 6.34. The van der Waals surface area contributed by atoms with Crippen molar-refractivity contribution in [2.45, 2.75) is 12.3 Å². The topological polar surface area (TPSA) is 48.0 Å². The van der Waals surface area contributed by atoms with Crippen LogP contribution in [0.3, 0.4) is 0 Å². The smallest absolute Gasteiger partial charge is 0.234 e. The van der Waals surface area contributed by atoms with Crippen molar-refractivity contribution in [3.05, 3.63) is 29.8 Å². The van der Waals surface area contributed by atoms with Gasteiger partial charge in [0.05, 0.1) is 32.6 Å². The molecule has 1 atom stereocenters. The average molecular weight is 323 g/mol. The maximum atomic E-state index is 12.2. The van der Waals surface area contributed by atoms with Gasteiger partial charge in [0, 0.05) is 18.7 Å². The molecule has 1 amide bonds. The first-order valence-corrected chi connectivity index (χ1v) is 7.92. The lowest BCUT2D eigenvalue weighted by molar-refractivity contribution is -0.127. The van der Waals surface area contributed by atoms with E-state index in [-0.39, 0.29) is 11.3 Å². The first-order chi connectivity index (χ1) is 10.5. The third kappa shape index (κ3) is 3.16. The molecule has 0 radical (unpaired) electrons. The molecular formula is C16H21NO4S. The van der Waals surface area contributed by atoms with Crippen LogP contribution in [0.15, 0.2) is 24.3 Å². The molecule has 2 rings (SSSR count). The number of carbonyl (C=O) groups is 1. The number of rotatable bonds is 6. The van der Waals surface area contributed by atoms with E-state index in [4.69, 9.17) is 14.2 Å². The second kappa shape index (κ2) is 6.96. The Kier molecular flexibility index (Phi) is 5.24. The first-order valence-electron chi connectivity index (χ1n) is 6.87. The second-order valence-corrected chi connectivity index (χ2v) is 6.16. The third-order valence-electron chi connectivity index (χ3n) is 3.41. The number of benzene rings is 1. The standard InChI is InChI=1S/C16H21NO4S/c1-10(2)8-17-14(18)9-22-16(17)15-12(20-4)6-11(19-3)7-13(15)21-5/h6-7,16H,1,8-9H2,2-5H3. The molecule has 1 aromatic rings. The van der Waals surface area contributed by atoms with E-state index in [1.807, 2.05) is 6.92 Å². The van der Waals surface area contributed by atoms with Crippen LogP contribution in [0.2, 0.25) is 0 Å². The minimum atomic E-state index is -0.153. The van der Waals surface area contributed by atoms with Crippen LogP contribution in [0.5, 0.6) is 17.2 Å². The van der Waals surface area contributed by atoms with Crippen molar-refractivity contribution in [2.75, 3.05) is 33.6 Å². The van der Waals surface area contributed by atoms with Gasteiger partial charge in [-0.05, 0) is 6.92 Å². The fraction of sp³-hybridized carbons (Fsp3) is 0.438. The van der Waals surface area contributed by atoms with Gasteiger partial charge in [-0.25, -0.2) is 0 Å². The molecule has 1 aliphatic rings. The fourth-order valence-corrected chi connectivity index (χ4v) is 3.67. The third-order valence-corrected chi connectivity index (χ3v) is 4.63. The first kappa shape index (κ1) is 16.5. The van der Waals surface area contributed by atoms with Crippen molar-refractivity contribution >= 4 is 17.7 Å². The number of thioether (sulfide) groups is 1. The molecular weight excluding hydrogens is 302 g/mol. The molecule has 1 saturated heterocycles. The number of methoxy groups -OCH3 is 3. The Labute approximate surface area is 135 Å². The Bertz CT molecular complexity index is 563. The number of ether oxygens (including phenoxy) is 3. The maximum Gasteiger partial charge on any atom is 0.234 e. The van der Waals surface area contributed by atoms with Crippen LogP contribution in [0.4, 0.5) is 0 Å². The van der Waals surface area contributed by atoms with Crippen LogP contribution in [0, 0.1) is 0 Å². The quantitative estimate of drug-likeness (QED) is 0.753. The zero-order chi connectivity index (χ0) is 16.3. The molecule has 0 N–H and O–H groups in total. The molecule has 0 spiro atoms. The van der Waals surface area contributed by atoms with E-state index in [0.717, 1.165) is 11.1 Å². The maximum absolute atomic E-state index is 12.2. The Morgan fingerprint density at radius 1 is 1.27 bits per heavy atom. The van der Waals surface area contributed by atoms with Crippen LogP contribution < -0.4 is 14.2 Å². The van der Waals surface area contributed by atoms with Gasteiger partial charge in [0.1, 0.15) is 22.6 Å². The van der Waals surface area contributed by atoms with Gasteiger partial charge in [0.15, 0.2) is 0 Å². The van der Waals surface area contributed by atoms with Gasteiger partial charge in [-0.1, -0.05) is 12.2 Å². The second-order valence-electron chi connectivity index (χ2n) is 5.09. The van der Waals surface area contributed by atoms with Gasteiger partial charge in [0.2, 0.25) is 5.91 Å². The van der Waals surface area contributed by atoms with Gasteiger partial charge in [-0.15, -0.1) is 11.8 Å². The summed E-state index contributed by atoms with van der Waals surface area (Å²) in [7, 11) is 4.79. The van der Waals surface area contributed by atoms with Crippen LogP contribution in [0.1, 0.15) is 17.9 Å². The lowest BCUT2D eigenvalue weighted by Crippen LogP contribution is -2.30. The molecule has 0 saturated carbocycles. The SMILES string of the molecule is C=C(C)CN1C(=O)CSC1c1c(OC)cc(OC)cc1OC. The van der Waals surface area contributed by atoms with Gasteiger partial charge in [-0.3, -0.25) is 4.79 Å². The van der Waals surface area contributed by atoms with Crippen LogP contribution in [-0.4, -0.2) is 44.4 Å². The molecule has 1 unspecified atom stereocenters. The average Bonchev–Trinajstić information content (AvgIpc) is 2.86. The highest BCUT2D eigenvalue weighted by atomic mass is 32.2. The normalized spacial score (nSPS) is 17.5. The Hall–Kier alpha value is -1.82. The van der Waals surface area contributed by atoms with E-state index >= 15 is 0 Å². The van der Waals surface area contributed by atoms with E-state index in [1.54, 1.807) is 50.1 Å². The summed E-state index contributed by atoms with van der Waals surface area (Å²) in [6, 6.07) is 3.61. The summed E-state index contributed by atoms with van der Waals surface area (Å²) in [5.74, 6) is 2.48. The molecule has 22 heavy (non-hydrogen) atoms. The minimum Gasteiger partial charge on any atom is -0.496 e. The lowest BCUT2D eigenvalue weighted by Gasteiger charge is -2.27. The number of amides is 1. The lowest BCUT2D eigenvalue weighted by atomic mass is 10.1. The Balaban J connectivity index is 2.49. The van der Waals surface area contributed by atoms with Crippen LogP contribution >= 0.6 is 11.8 Å². The molecule has 1 heterocycles. The van der Waals surface area contributed by atoms with Crippen molar-refractivity contribution in [3.8, 4) is 17.2 Å². The van der Waals surface area contributed by atoms with E-state index in [9.17, 15) is 4.79 Å².